The highest BCUT2D eigenvalue weighted by Crippen LogP contribution is 2.12. The summed E-state index contributed by atoms with van der Waals surface area (Å²) in [5.74, 6) is -0.885. The number of esters is 1. The minimum atomic E-state index is -0.464. The Bertz CT molecular complexity index is 715. The van der Waals surface area contributed by atoms with Crippen molar-refractivity contribution in [2.24, 2.45) is 0 Å². The number of benzene rings is 1. The SMILES string of the molecule is CC(C)OC(=O)c1ccc(NC(=O)c2ccc(=O)[nH]n2)cc1. The summed E-state index contributed by atoms with van der Waals surface area (Å²) in [7, 11) is 0. The maximum atomic E-state index is 11.9. The van der Waals surface area contributed by atoms with Gasteiger partial charge in [0.25, 0.3) is 11.5 Å². The summed E-state index contributed by atoms with van der Waals surface area (Å²) in [6.45, 7) is 3.54. The fourth-order valence-electron chi connectivity index (χ4n) is 1.64. The van der Waals surface area contributed by atoms with E-state index in [1.165, 1.54) is 12.1 Å². The molecule has 2 rings (SSSR count). The van der Waals surface area contributed by atoms with Gasteiger partial charge in [-0.15, -0.1) is 0 Å². The average Bonchev–Trinajstić information content (AvgIpc) is 2.48. The molecule has 0 aliphatic carbocycles. The Morgan fingerprint density at radius 3 is 2.36 bits per heavy atom. The number of carbonyl (C=O) groups excluding carboxylic acids is 2. The van der Waals surface area contributed by atoms with E-state index >= 15 is 0 Å². The van der Waals surface area contributed by atoms with Crippen molar-refractivity contribution >= 4 is 17.6 Å². The standard InChI is InChI=1S/C15H15N3O4/c1-9(2)22-15(21)10-3-5-11(6-4-10)16-14(20)12-7-8-13(19)18-17-12/h3-9H,1-2H3,(H,16,20)(H,18,19). The van der Waals surface area contributed by atoms with Gasteiger partial charge in [-0.05, 0) is 44.2 Å². The van der Waals surface area contributed by atoms with Crippen LogP contribution >= 0.6 is 0 Å². The maximum Gasteiger partial charge on any atom is 0.338 e. The molecule has 0 radical (unpaired) electrons. The minimum absolute atomic E-state index is 0.0860. The van der Waals surface area contributed by atoms with E-state index in [0.29, 0.717) is 11.3 Å². The number of aromatic nitrogens is 2. The van der Waals surface area contributed by atoms with Gasteiger partial charge in [0, 0.05) is 11.8 Å². The van der Waals surface area contributed by atoms with Crippen LogP contribution in [0.5, 0.6) is 0 Å². The molecule has 0 bridgehead atoms. The summed E-state index contributed by atoms with van der Waals surface area (Å²) in [4.78, 5) is 34.5. The second-order valence-corrected chi connectivity index (χ2v) is 4.79. The Kier molecular flexibility index (Phi) is 4.67. The first-order valence-corrected chi connectivity index (χ1v) is 6.64. The number of rotatable bonds is 4. The van der Waals surface area contributed by atoms with Gasteiger partial charge in [0.1, 0.15) is 5.69 Å². The molecule has 0 saturated heterocycles. The van der Waals surface area contributed by atoms with Gasteiger partial charge in [-0.3, -0.25) is 9.59 Å². The summed E-state index contributed by atoms with van der Waals surface area (Å²) in [6, 6.07) is 8.82. The fourth-order valence-corrected chi connectivity index (χ4v) is 1.64. The molecule has 1 aromatic heterocycles. The zero-order chi connectivity index (χ0) is 16.1. The van der Waals surface area contributed by atoms with Crippen LogP contribution in [-0.2, 0) is 4.74 Å². The molecule has 2 aromatic rings. The van der Waals surface area contributed by atoms with Gasteiger partial charge < -0.3 is 10.1 Å². The molecular weight excluding hydrogens is 286 g/mol. The smallest absolute Gasteiger partial charge is 0.338 e. The monoisotopic (exact) mass is 301 g/mol. The molecular formula is C15H15N3O4. The summed E-state index contributed by atoms with van der Waals surface area (Å²) >= 11 is 0. The highest BCUT2D eigenvalue weighted by molar-refractivity contribution is 6.03. The van der Waals surface area contributed by atoms with E-state index in [9.17, 15) is 14.4 Å². The summed E-state index contributed by atoms with van der Waals surface area (Å²) < 4.78 is 5.07. The van der Waals surface area contributed by atoms with E-state index in [2.05, 4.69) is 15.5 Å². The molecule has 1 amide bonds. The van der Waals surface area contributed by atoms with E-state index < -0.39 is 11.9 Å². The molecule has 0 saturated carbocycles. The number of H-pyrrole nitrogens is 1. The molecule has 0 atom stereocenters. The number of nitrogens with one attached hydrogen (secondary N) is 2. The van der Waals surface area contributed by atoms with Crippen molar-refractivity contribution in [1.29, 1.82) is 0 Å². The Hall–Kier alpha value is -2.96. The molecule has 2 N–H and O–H groups in total. The van der Waals surface area contributed by atoms with Crippen molar-refractivity contribution in [1.82, 2.24) is 10.2 Å². The number of hydrogen-bond donors (Lipinski definition) is 2. The van der Waals surface area contributed by atoms with Crippen LogP contribution in [0.1, 0.15) is 34.7 Å². The van der Waals surface area contributed by atoms with Gasteiger partial charge in [-0.25, -0.2) is 9.89 Å². The third-order valence-electron chi connectivity index (χ3n) is 2.63. The predicted molar refractivity (Wildman–Crippen MR) is 79.8 cm³/mol. The van der Waals surface area contributed by atoms with Gasteiger partial charge in [-0.2, -0.15) is 5.10 Å². The lowest BCUT2D eigenvalue weighted by molar-refractivity contribution is 0.0378. The van der Waals surface area contributed by atoms with Gasteiger partial charge in [0.15, 0.2) is 0 Å². The molecule has 7 nitrogen and oxygen atoms in total. The summed E-state index contributed by atoms with van der Waals surface area (Å²) in [5, 5.41) is 8.42. The van der Waals surface area contributed by atoms with Gasteiger partial charge in [0.2, 0.25) is 0 Å². The first-order valence-electron chi connectivity index (χ1n) is 6.64. The van der Waals surface area contributed by atoms with Crippen LogP contribution in [-0.4, -0.2) is 28.2 Å². The molecule has 7 heteroatoms. The second kappa shape index (κ2) is 6.66. The van der Waals surface area contributed by atoms with Crippen molar-refractivity contribution in [2.75, 3.05) is 5.32 Å². The predicted octanol–water partition coefficient (Wildman–Crippen LogP) is 1.59. The number of ether oxygens (including phenoxy) is 1. The largest absolute Gasteiger partial charge is 0.459 e. The highest BCUT2D eigenvalue weighted by atomic mass is 16.5. The van der Waals surface area contributed by atoms with Crippen molar-refractivity contribution in [3.8, 4) is 0 Å². The van der Waals surface area contributed by atoms with Gasteiger partial charge in [0.05, 0.1) is 11.7 Å². The lowest BCUT2D eigenvalue weighted by Crippen LogP contribution is -2.17. The minimum Gasteiger partial charge on any atom is -0.459 e. The van der Waals surface area contributed by atoms with E-state index in [0.717, 1.165) is 0 Å². The van der Waals surface area contributed by atoms with Crippen molar-refractivity contribution < 1.29 is 14.3 Å². The van der Waals surface area contributed by atoms with Gasteiger partial charge >= 0.3 is 5.97 Å². The Morgan fingerprint density at radius 1 is 1.14 bits per heavy atom. The molecule has 22 heavy (non-hydrogen) atoms. The molecule has 0 aliphatic rings. The Balaban J connectivity index is 2.05. The summed E-state index contributed by atoms with van der Waals surface area (Å²) in [6.07, 6.45) is -0.196. The van der Waals surface area contributed by atoms with Crippen molar-refractivity contribution in [3.63, 3.8) is 0 Å². The number of nitrogens with zero attached hydrogens (tertiary/aromatic N) is 1. The molecule has 0 aliphatic heterocycles. The number of aromatic amines is 1. The third-order valence-corrected chi connectivity index (χ3v) is 2.63. The molecule has 1 aromatic carbocycles. The topological polar surface area (TPSA) is 101 Å². The number of amides is 1. The zero-order valence-electron chi connectivity index (χ0n) is 12.1. The van der Waals surface area contributed by atoms with E-state index in [4.69, 9.17) is 4.74 Å². The molecule has 1 heterocycles. The molecule has 0 spiro atoms. The van der Waals surface area contributed by atoms with Crippen LogP contribution in [0.2, 0.25) is 0 Å². The first-order chi connectivity index (χ1) is 10.5. The third kappa shape index (κ3) is 4.02. The van der Waals surface area contributed by atoms with Crippen molar-refractivity contribution in [3.05, 3.63) is 58.0 Å². The van der Waals surface area contributed by atoms with Crippen LogP contribution < -0.4 is 10.9 Å². The van der Waals surface area contributed by atoms with Crippen molar-refractivity contribution in [2.45, 2.75) is 20.0 Å². The quantitative estimate of drug-likeness (QED) is 0.835. The number of hydrogen-bond acceptors (Lipinski definition) is 5. The van der Waals surface area contributed by atoms with Crippen LogP contribution in [0.3, 0.4) is 0 Å². The van der Waals surface area contributed by atoms with Crippen LogP contribution in [0.25, 0.3) is 0 Å². The van der Waals surface area contributed by atoms with Crippen LogP contribution in [0.4, 0.5) is 5.69 Å². The Labute approximate surface area is 126 Å². The highest BCUT2D eigenvalue weighted by Gasteiger charge is 2.11. The van der Waals surface area contributed by atoms with Crippen LogP contribution in [0.15, 0.2) is 41.2 Å². The van der Waals surface area contributed by atoms with Gasteiger partial charge in [-0.1, -0.05) is 0 Å². The van der Waals surface area contributed by atoms with E-state index in [1.54, 1.807) is 38.1 Å². The number of anilines is 1. The Morgan fingerprint density at radius 2 is 1.82 bits per heavy atom. The van der Waals surface area contributed by atoms with Crippen LogP contribution in [0, 0.1) is 0 Å². The normalized spacial score (nSPS) is 10.3. The molecule has 0 fully saturated rings. The average molecular weight is 301 g/mol. The van der Waals surface area contributed by atoms with E-state index in [-0.39, 0.29) is 17.4 Å². The molecule has 114 valence electrons. The summed E-state index contributed by atoms with van der Waals surface area (Å²) in [5.41, 5.74) is 0.598. The second-order valence-electron chi connectivity index (χ2n) is 4.79. The lowest BCUT2D eigenvalue weighted by Gasteiger charge is -2.08. The van der Waals surface area contributed by atoms with E-state index in [1.807, 2.05) is 0 Å². The first kappa shape index (κ1) is 15.4. The number of carbonyl (C=O) groups is 2. The molecule has 0 unspecified atom stereocenters. The zero-order valence-corrected chi connectivity index (χ0v) is 12.1. The fraction of sp³-hybridized carbons (Fsp3) is 0.200. The maximum absolute atomic E-state index is 11.9. The lowest BCUT2D eigenvalue weighted by atomic mass is 10.2.